The van der Waals surface area contributed by atoms with Crippen molar-refractivity contribution in [3.63, 3.8) is 0 Å². The van der Waals surface area contributed by atoms with Crippen LogP contribution < -0.4 is 5.11 Å². The summed E-state index contributed by atoms with van der Waals surface area (Å²) in [5, 5.41) is 29.5. The third-order valence-electron chi connectivity index (χ3n) is 4.82. The number of carboxylic acid groups (broad SMARTS) is 1. The Kier molecular flexibility index (Phi) is 11.1. The summed E-state index contributed by atoms with van der Waals surface area (Å²) >= 11 is 0. The molecule has 0 spiro atoms. The van der Waals surface area contributed by atoms with Crippen LogP contribution in [0.5, 0.6) is 0 Å². The Morgan fingerprint density at radius 1 is 1.35 bits per heavy atom. The monoisotopic (exact) mass is 367 g/mol. The summed E-state index contributed by atoms with van der Waals surface area (Å²) in [6.45, 7) is 2.10. The third-order valence-corrected chi connectivity index (χ3v) is 4.82. The molecule has 0 amide bonds. The lowest BCUT2D eigenvalue weighted by Gasteiger charge is -2.17. The lowest BCUT2D eigenvalue weighted by atomic mass is 9.90. The van der Waals surface area contributed by atoms with Crippen molar-refractivity contribution in [1.82, 2.24) is 0 Å². The van der Waals surface area contributed by atoms with Crippen LogP contribution in [0.15, 0.2) is 24.3 Å². The van der Waals surface area contributed by atoms with Gasteiger partial charge in [0.1, 0.15) is 11.9 Å². The number of aliphatic hydroxyl groups excluding tert-OH is 1. The van der Waals surface area contributed by atoms with Crippen LogP contribution in [0.1, 0.15) is 64.7 Å². The van der Waals surface area contributed by atoms with Crippen molar-refractivity contribution in [2.45, 2.75) is 76.9 Å². The zero-order chi connectivity index (χ0) is 19.4. The van der Waals surface area contributed by atoms with Crippen LogP contribution in [-0.2, 0) is 14.5 Å². The second-order valence-corrected chi connectivity index (χ2v) is 6.92. The normalized spacial score (nSPS) is 24.7. The van der Waals surface area contributed by atoms with Crippen LogP contribution in [0, 0.1) is 11.8 Å². The molecule has 0 saturated heterocycles. The number of carbonyl (C=O) groups is 2. The number of allylic oxidation sites excluding steroid dienone is 2. The Morgan fingerprint density at radius 2 is 2.12 bits per heavy atom. The molecule has 0 aromatic heterocycles. The molecule has 26 heavy (non-hydrogen) atoms. The van der Waals surface area contributed by atoms with Gasteiger partial charge in [-0.3, -0.25) is 10.1 Å². The van der Waals surface area contributed by atoms with Crippen molar-refractivity contribution < 1.29 is 29.9 Å². The molecule has 2 N–H and O–H groups in total. The highest BCUT2D eigenvalue weighted by atomic mass is 17.1. The van der Waals surface area contributed by atoms with Crippen LogP contribution in [0.2, 0.25) is 0 Å². The largest absolute Gasteiger partial charge is 0.550 e. The molecule has 4 atom stereocenters. The number of ketones is 1. The summed E-state index contributed by atoms with van der Waals surface area (Å²) in [6, 6.07) is 0. The zero-order valence-electron chi connectivity index (χ0n) is 15.5. The molecule has 6 heteroatoms. The van der Waals surface area contributed by atoms with E-state index in [2.05, 4.69) is 11.8 Å². The second kappa shape index (κ2) is 12.8. The number of carbonyl (C=O) groups excluding carboxylic acids is 2. The van der Waals surface area contributed by atoms with Crippen molar-refractivity contribution in [2.75, 3.05) is 0 Å². The van der Waals surface area contributed by atoms with Crippen molar-refractivity contribution >= 4 is 11.8 Å². The molecule has 0 bridgehead atoms. The van der Waals surface area contributed by atoms with E-state index < -0.39 is 18.2 Å². The average Bonchev–Trinajstić information content (AvgIpc) is 2.87. The predicted molar refractivity (Wildman–Crippen MR) is 96.0 cm³/mol. The van der Waals surface area contributed by atoms with E-state index in [1.54, 1.807) is 12.2 Å². The molecule has 1 rings (SSSR count). The van der Waals surface area contributed by atoms with Gasteiger partial charge >= 0.3 is 0 Å². The SMILES string of the molecule is CCCCC[C@@H](/C=C/[C@H]1[C@H](O)CC(=O)[C@@H]1C/C=C\CCCC(=O)[O-])OO. The molecule has 0 aromatic rings. The molecular formula is C20H31O6-. The van der Waals surface area contributed by atoms with Crippen molar-refractivity contribution in [1.29, 1.82) is 0 Å². The maximum absolute atomic E-state index is 12.1. The topological polar surface area (TPSA) is 107 Å². The summed E-state index contributed by atoms with van der Waals surface area (Å²) in [5.74, 6) is -1.62. The maximum atomic E-state index is 12.1. The quantitative estimate of drug-likeness (QED) is 0.224. The first-order valence-electron chi connectivity index (χ1n) is 9.53. The van der Waals surface area contributed by atoms with E-state index in [1.807, 2.05) is 12.2 Å². The van der Waals surface area contributed by atoms with Crippen molar-refractivity contribution in [3.05, 3.63) is 24.3 Å². The van der Waals surface area contributed by atoms with E-state index >= 15 is 0 Å². The van der Waals surface area contributed by atoms with Crippen LogP contribution in [-0.4, -0.2) is 34.3 Å². The Balaban J connectivity index is 2.54. The fourth-order valence-electron chi connectivity index (χ4n) is 3.28. The number of aliphatic hydroxyl groups is 1. The van der Waals surface area contributed by atoms with Gasteiger partial charge in [-0.25, -0.2) is 4.89 Å². The van der Waals surface area contributed by atoms with Gasteiger partial charge in [0.25, 0.3) is 0 Å². The Morgan fingerprint density at radius 3 is 2.77 bits per heavy atom. The van der Waals surface area contributed by atoms with E-state index in [1.165, 1.54) is 0 Å². The lowest BCUT2D eigenvalue weighted by molar-refractivity contribution is -0.305. The van der Waals surface area contributed by atoms with Gasteiger partial charge in [-0.15, -0.1) is 0 Å². The second-order valence-electron chi connectivity index (χ2n) is 6.92. The summed E-state index contributed by atoms with van der Waals surface area (Å²) in [5.41, 5.74) is 0. The minimum absolute atomic E-state index is 0.0252. The van der Waals surface area contributed by atoms with Gasteiger partial charge in [0.05, 0.1) is 6.10 Å². The van der Waals surface area contributed by atoms with Gasteiger partial charge in [-0.2, -0.15) is 0 Å². The zero-order valence-corrected chi connectivity index (χ0v) is 15.5. The number of hydrogen-bond donors (Lipinski definition) is 2. The Labute approximate surface area is 155 Å². The molecule has 148 valence electrons. The van der Waals surface area contributed by atoms with Crippen LogP contribution >= 0.6 is 0 Å². The van der Waals surface area contributed by atoms with Gasteiger partial charge in [-0.1, -0.05) is 50.5 Å². The standard InChI is InChI=1S/C20H32O6/c1-2-3-6-9-15(26-25)12-13-17-16(18(21)14-19(17)22)10-7-4-5-8-11-20(23)24/h4,7,12-13,15-17,19,22,25H,2-3,5-6,8-11,14H2,1H3,(H,23,24)/p-1/b7-4-,13-12+/t15-,16+,17+,19+/m0/s1. The lowest BCUT2D eigenvalue weighted by Crippen LogP contribution is -2.21. The molecule has 0 aliphatic heterocycles. The number of unbranched alkanes of at least 4 members (excludes halogenated alkanes) is 3. The number of aliphatic carboxylic acids is 1. The van der Waals surface area contributed by atoms with E-state index in [-0.39, 0.29) is 30.5 Å². The first-order valence-corrected chi connectivity index (χ1v) is 9.53. The van der Waals surface area contributed by atoms with Crippen LogP contribution in [0.25, 0.3) is 0 Å². The Hall–Kier alpha value is -1.50. The minimum Gasteiger partial charge on any atom is -0.550 e. The molecule has 1 saturated carbocycles. The molecule has 0 heterocycles. The van der Waals surface area contributed by atoms with E-state index in [0.717, 1.165) is 19.3 Å². The first-order chi connectivity index (χ1) is 12.5. The third kappa shape index (κ3) is 8.25. The summed E-state index contributed by atoms with van der Waals surface area (Å²) in [7, 11) is 0. The minimum atomic E-state index is -1.06. The molecular weight excluding hydrogens is 336 g/mol. The number of carboxylic acids is 1. The molecule has 6 nitrogen and oxygen atoms in total. The smallest absolute Gasteiger partial charge is 0.139 e. The highest BCUT2D eigenvalue weighted by Gasteiger charge is 2.39. The van der Waals surface area contributed by atoms with E-state index in [4.69, 9.17) is 5.26 Å². The van der Waals surface area contributed by atoms with Gasteiger partial charge in [0.15, 0.2) is 0 Å². The summed E-state index contributed by atoms with van der Waals surface area (Å²) < 4.78 is 0. The van der Waals surface area contributed by atoms with E-state index in [0.29, 0.717) is 25.7 Å². The first kappa shape index (κ1) is 22.5. The highest BCUT2D eigenvalue weighted by molar-refractivity contribution is 5.84. The number of hydrogen-bond acceptors (Lipinski definition) is 6. The average molecular weight is 367 g/mol. The van der Waals surface area contributed by atoms with Crippen molar-refractivity contribution in [3.8, 4) is 0 Å². The van der Waals surface area contributed by atoms with Crippen LogP contribution in [0.4, 0.5) is 0 Å². The predicted octanol–water partition coefficient (Wildman–Crippen LogP) is 2.41. The Bertz CT molecular complexity index is 485. The van der Waals surface area contributed by atoms with Crippen LogP contribution in [0.3, 0.4) is 0 Å². The number of rotatable bonds is 13. The summed E-state index contributed by atoms with van der Waals surface area (Å²) in [4.78, 5) is 27.0. The van der Waals surface area contributed by atoms with Crippen molar-refractivity contribution in [2.24, 2.45) is 11.8 Å². The maximum Gasteiger partial charge on any atom is 0.139 e. The van der Waals surface area contributed by atoms with E-state index in [9.17, 15) is 19.8 Å². The molecule has 0 aromatic carbocycles. The van der Waals surface area contributed by atoms with Gasteiger partial charge in [0.2, 0.25) is 0 Å². The van der Waals surface area contributed by atoms with Gasteiger partial charge in [0, 0.05) is 24.2 Å². The molecule has 1 aliphatic rings. The highest BCUT2D eigenvalue weighted by Crippen LogP contribution is 2.33. The molecule has 1 aliphatic carbocycles. The van der Waals surface area contributed by atoms with Gasteiger partial charge in [-0.05, 0) is 32.1 Å². The van der Waals surface area contributed by atoms with Gasteiger partial charge < -0.3 is 15.0 Å². The fraction of sp³-hybridized carbons (Fsp3) is 0.700. The fourth-order valence-corrected chi connectivity index (χ4v) is 3.28. The summed E-state index contributed by atoms with van der Waals surface area (Å²) in [6.07, 6.45) is 11.7. The molecule has 1 fully saturated rings. The molecule has 0 radical (unpaired) electrons. The molecule has 0 unspecified atom stereocenters. The number of Topliss-reactive ketones (excluding diaryl/α,β-unsaturated/α-hetero) is 1.